The summed E-state index contributed by atoms with van der Waals surface area (Å²) in [4.78, 5) is 37.0. The van der Waals surface area contributed by atoms with Crippen molar-refractivity contribution < 1.29 is 29.0 Å². The zero-order valence-electron chi connectivity index (χ0n) is 19.2. The van der Waals surface area contributed by atoms with Crippen molar-refractivity contribution >= 4 is 17.9 Å². The van der Waals surface area contributed by atoms with Crippen LogP contribution in [0.2, 0.25) is 0 Å². The summed E-state index contributed by atoms with van der Waals surface area (Å²) in [7, 11) is 0. The summed E-state index contributed by atoms with van der Waals surface area (Å²) in [5.74, 6) is -0.775. The van der Waals surface area contributed by atoms with Crippen LogP contribution < -0.4 is 26.4 Å². The molecule has 0 saturated heterocycles. The highest BCUT2D eigenvalue weighted by molar-refractivity contribution is 5.89. The zero-order valence-corrected chi connectivity index (χ0v) is 19.2. The van der Waals surface area contributed by atoms with E-state index in [1.54, 1.807) is 0 Å². The number of benzene rings is 1. The molecule has 0 radical (unpaired) electrons. The number of carbonyl (C=O) groups excluding carboxylic acids is 2. The van der Waals surface area contributed by atoms with Crippen LogP contribution in [-0.2, 0) is 20.7 Å². The van der Waals surface area contributed by atoms with Crippen molar-refractivity contribution in [2.45, 2.75) is 63.6 Å². The molecule has 0 aromatic heterocycles. The van der Waals surface area contributed by atoms with E-state index in [4.69, 9.17) is 15.2 Å². The molecule has 3 rings (SSSR count). The van der Waals surface area contributed by atoms with Gasteiger partial charge in [-0.25, -0.2) is 9.59 Å². The molecule has 1 aromatic carbocycles. The average Bonchev–Trinajstić information content (AvgIpc) is 2.77. The molecule has 2 heterocycles. The predicted octanol–water partition coefficient (Wildman–Crippen LogP) is 1.17. The Morgan fingerprint density at radius 2 is 1.94 bits per heavy atom. The molecule has 0 saturated carbocycles. The number of amides is 3. The Hall–Kier alpha value is -2.85. The number of unbranched alkanes of at least 4 members (excludes halogenated alkanes) is 1. The molecular weight excluding hydrogens is 428 g/mol. The third kappa shape index (κ3) is 10.1. The van der Waals surface area contributed by atoms with Crippen molar-refractivity contribution in [3.63, 3.8) is 0 Å². The fourth-order valence-corrected chi connectivity index (χ4v) is 3.42. The molecule has 2 bridgehead atoms. The first-order valence-electron chi connectivity index (χ1n) is 11.5. The number of urea groups is 1. The van der Waals surface area contributed by atoms with Gasteiger partial charge in [-0.05, 0) is 63.3 Å². The molecule has 2 aliphatic heterocycles. The van der Waals surface area contributed by atoms with E-state index in [9.17, 15) is 19.5 Å². The predicted molar refractivity (Wildman–Crippen MR) is 123 cm³/mol. The quantitative estimate of drug-likeness (QED) is 0.380. The van der Waals surface area contributed by atoms with Crippen LogP contribution in [0, 0.1) is 0 Å². The third-order valence-electron chi connectivity index (χ3n) is 5.24. The van der Waals surface area contributed by atoms with Crippen LogP contribution in [0.1, 0.15) is 44.6 Å². The van der Waals surface area contributed by atoms with E-state index in [0.717, 1.165) is 24.2 Å². The number of carboxylic acids is 1. The average molecular weight is 465 g/mol. The number of carboxylic acid groups (broad SMARTS) is 1. The molecule has 0 spiro atoms. The van der Waals surface area contributed by atoms with Gasteiger partial charge in [0, 0.05) is 19.1 Å². The summed E-state index contributed by atoms with van der Waals surface area (Å²) in [6.07, 6.45) is 3.44. The Morgan fingerprint density at radius 1 is 1.21 bits per heavy atom. The number of carbonyl (C=O) groups is 3. The number of hydrogen-bond acceptors (Lipinski definition) is 6. The van der Waals surface area contributed by atoms with E-state index in [2.05, 4.69) is 16.0 Å². The Kier molecular flexibility index (Phi) is 11.5. The molecule has 0 fully saturated rings. The van der Waals surface area contributed by atoms with Crippen LogP contribution in [0.3, 0.4) is 0 Å². The number of nitrogens with two attached hydrogens (primary N) is 1. The topological polar surface area (TPSA) is 152 Å². The maximum atomic E-state index is 12.9. The maximum Gasteiger partial charge on any atom is 0.326 e. The van der Waals surface area contributed by atoms with Gasteiger partial charge in [0.2, 0.25) is 5.91 Å². The van der Waals surface area contributed by atoms with Gasteiger partial charge in [0.25, 0.3) is 0 Å². The van der Waals surface area contributed by atoms with Crippen LogP contribution in [0.25, 0.3) is 0 Å². The highest BCUT2D eigenvalue weighted by Gasteiger charge is 2.25. The molecule has 1 aromatic rings. The van der Waals surface area contributed by atoms with E-state index < -0.39 is 24.1 Å². The van der Waals surface area contributed by atoms with E-state index in [0.29, 0.717) is 39.2 Å². The fraction of sp³-hybridized carbons (Fsp3) is 0.609. The highest BCUT2D eigenvalue weighted by atomic mass is 16.5. The van der Waals surface area contributed by atoms with E-state index >= 15 is 0 Å². The van der Waals surface area contributed by atoms with Gasteiger partial charge >= 0.3 is 12.0 Å². The Labute approximate surface area is 194 Å². The number of aliphatic carboxylic acids is 1. The number of rotatable bonds is 7. The summed E-state index contributed by atoms with van der Waals surface area (Å²) < 4.78 is 11.3. The van der Waals surface area contributed by atoms with Crippen LogP contribution >= 0.6 is 0 Å². The van der Waals surface area contributed by atoms with Crippen molar-refractivity contribution in [1.82, 2.24) is 16.0 Å². The molecule has 10 nitrogen and oxygen atoms in total. The fourth-order valence-electron chi connectivity index (χ4n) is 3.42. The van der Waals surface area contributed by atoms with Crippen LogP contribution in [0.4, 0.5) is 4.79 Å². The second kappa shape index (κ2) is 14.3. The van der Waals surface area contributed by atoms with Crippen molar-refractivity contribution in [2.75, 3.05) is 26.4 Å². The molecule has 3 amide bonds. The minimum atomic E-state index is -1.13. The normalized spacial score (nSPS) is 20.8. The first kappa shape index (κ1) is 26.4. The van der Waals surface area contributed by atoms with E-state index in [1.165, 1.54) is 0 Å². The molecule has 3 atom stereocenters. The lowest BCUT2D eigenvalue weighted by Crippen LogP contribution is -2.55. The Bertz CT molecular complexity index is 758. The summed E-state index contributed by atoms with van der Waals surface area (Å²) >= 11 is 0. The van der Waals surface area contributed by atoms with Crippen molar-refractivity contribution in [3.05, 3.63) is 29.8 Å². The first-order chi connectivity index (χ1) is 15.9. The minimum absolute atomic E-state index is 0.234. The second-order valence-corrected chi connectivity index (χ2v) is 8.23. The van der Waals surface area contributed by atoms with Gasteiger partial charge in [-0.3, -0.25) is 4.79 Å². The number of fused-ring (bicyclic) bond motifs is 13. The lowest BCUT2D eigenvalue weighted by atomic mass is 10.0. The van der Waals surface area contributed by atoms with Crippen LogP contribution in [0.5, 0.6) is 5.75 Å². The van der Waals surface area contributed by atoms with Crippen molar-refractivity contribution in [1.29, 1.82) is 0 Å². The first-order valence-corrected chi connectivity index (χ1v) is 11.5. The number of hydrogen-bond donors (Lipinski definition) is 5. The maximum absolute atomic E-state index is 12.9. The number of ether oxygens (including phenoxy) is 2. The number of nitrogens with one attached hydrogen (secondary N) is 3. The minimum Gasteiger partial charge on any atom is -0.494 e. The molecular formula is C23H36N4O6. The molecule has 10 heteroatoms. The molecule has 33 heavy (non-hydrogen) atoms. The van der Waals surface area contributed by atoms with Gasteiger partial charge in [0.1, 0.15) is 17.8 Å². The zero-order chi connectivity index (χ0) is 24.1. The van der Waals surface area contributed by atoms with E-state index in [1.807, 2.05) is 31.2 Å². The monoisotopic (exact) mass is 464 g/mol. The van der Waals surface area contributed by atoms with Gasteiger partial charge < -0.3 is 36.3 Å². The van der Waals surface area contributed by atoms with Crippen LogP contribution in [-0.4, -0.2) is 67.5 Å². The van der Waals surface area contributed by atoms with Gasteiger partial charge in [-0.2, -0.15) is 0 Å². The standard InChI is InChI=1S/C23H36N4O6/c1-16-15-32-12-4-5-13-33-18-9-7-17(8-10-18)14-20(21(28)25-16)27-23(31)26-19(22(29)30)6-2-3-11-24/h7-10,16,19-20H,2-6,11-15,24H2,1H3,(H,25,28)(H,29,30)(H2,26,27,31)/t16-,19-,20+/m0/s1. The summed E-state index contributed by atoms with van der Waals surface area (Å²) in [5, 5.41) is 17.3. The molecule has 6 N–H and O–H groups in total. The Balaban J connectivity index is 2.09. The van der Waals surface area contributed by atoms with Crippen LogP contribution in [0.15, 0.2) is 24.3 Å². The van der Waals surface area contributed by atoms with E-state index in [-0.39, 0.29) is 24.8 Å². The van der Waals surface area contributed by atoms with Gasteiger partial charge in [0.05, 0.1) is 13.2 Å². The lowest BCUT2D eigenvalue weighted by Gasteiger charge is -2.23. The lowest BCUT2D eigenvalue weighted by molar-refractivity contribution is -0.139. The SMILES string of the molecule is C[C@H]1COCCCCOc2ccc(cc2)C[C@@H](NC(=O)N[C@@H](CCCCN)C(=O)O)C(=O)N1. The Morgan fingerprint density at radius 3 is 2.64 bits per heavy atom. The summed E-state index contributed by atoms with van der Waals surface area (Å²) in [6, 6.07) is 4.43. The van der Waals surface area contributed by atoms with Gasteiger partial charge in [0.15, 0.2) is 0 Å². The molecule has 0 aliphatic carbocycles. The van der Waals surface area contributed by atoms with Crippen molar-refractivity contribution in [3.8, 4) is 5.75 Å². The van der Waals surface area contributed by atoms with Gasteiger partial charge in [-0.15, -0.1) is 0 Å². The summed E-state index contributed by atoms with van der Waals surface area (Å²) in [6.45, 7) is 3.78. The second-order valence-electron chi connectivity index (χ2n) is 8.23. The molecule has 2 aliphatic rings. The largest absolute Gasteiger partial charge is 0.494 e. The van der Waals surface area contributed by atoms with Crippen molar-refractivity contribution in [2.24, 2.45) is 5.73 Å². The molecule has 184 valence electrons. The molecule has 0 unspecified atom stereocenters. The highest BCUT2D eigenvalue weighted by Crippen LogP contribution is 2.14. The third-order valence-corrected chi connectivity index (χ3v) is 5.24. The summed E-state index contributed by atoms with van der Waals surface area (Å²) in [5.41, 5.74) is 6.29. The van der Waals surface area contributed by atoms with Gasteiger partial charge in [-0.1, -0.05) is 12.1 Å². The smallest absolute Gasteiger partial charge is 0.326 e.